The highest BCUT2D eigenvalue weighted by molar-refractivity contribution is 8.26. The fraction of sp³-hybridized carbons (Fsp3) is 0.323. The maximum absolute atomic E-state index is 13.7. The van der Waals surface area contributed by atoms with Gasteiger partial charge < -0.3 is 9.84 Å². The van der Waals surface area contributed by atoms with Crippen molar-refractivity contribution < 1.29 is 32.6 Å². The number of carboxylic acid groups (broad SMARTS) is 1. The van der Waals surface area contributed by atoms with Gasteiger partial charge in [-0.2, -0.15) is 9.40 Å². The number of carboxylic acids is 1. The van der Waals surface area contributed by atoms with E-state index in [9.17, 15) is 22.8 Å². The number of aliphatic carboxylic acids is 1. The van der Waals surface area contributed by atoms with Crippen molar-refractivity contribution in [2.75, 3.05) is 26.2 Å². The minimum atomic E-state index is -3.87. The average molecular weight is 669 g/mol. The maximum Gasteiger partial charge on any atom is 0.309 e. The number of rotatable bonds is 11. The van der Waals surface area contributed by atoms with Crippen LogP contribution in [0.4, 0.5) is 0 Å². The van der Waals surface area contributed by atoms with E-state index in [0.29, 0.717) is 38.9 Å². The van der Waals surface area contributed by atoms with E-state index in [2.05, 4.69) is 0 Å². The molecule has 5 rings (SSSR count). The number of hydrogen-bond donors (Lipinski definition) is 1. The molecule has 3 heterocycles. The second kappa shape index (κ2) is 14.1. The number of carbonyl (C=O) groups is 3. The Labute approximate surface area is 270 Å². The molecule has 1 N–H and O–H groups in total. The van der Waals surface area contributed by atoms with Gasteiger partial charge in [0.2, 0.25) is 10.0 Å². The Morgan fingerprint density at radius 3 is 2.56 bits per heavy atom. The second-order valence-corrected chi connectivity index (χ2v) is 14.1. The summed E-state index contributed by atoms with van der Waals surface area (Å²) < 4.78 is 35.9. The van der Waals surface area contributed by atoms with Gasteiger partial charge in [-0.05, 0) is 56.5 Å². The maximum atomic E-state index is 13.7. The van der Waals surface area contributed by atoms with Crippen molar-refractivity contribution in [3.05, 3.63) is 71.3 Å². The summed E-state index contributed by atoms with van der Waals surface area (Å²) >= 11 is 6.54. The van der Waals surface area contributed by atoms with Crippen molar-refractivity contribution in [2.24, 2.45) is 5.92 Å². The lowest BCUT2D eigenvalue weighted by molar-refractivity contribution is -0.149. The fourth-order valence-corrected chi connectivity index (χ4v) is 8.01. The van der Waals surface area contributed by atoms with E-state index < -0.39 is 16.0 Å². The number of para-hydroxylation sites is 1. The first-order chi connectivity index (χ1) is 21.6. The number of piperidine rings is 1. The first kappa shape index (κ1) is 32.5. The molecule has 2 aliphatic rings. The summed E-state index contributed by atoms with van der Waals surface area (Å²) in [5.41, 5.74) is 2.35. The molecule has 0 radical (unpaired) electrons. The summed E-state index contributed by atoms with van der Waals surface area (Å²) in [6.45, 7) is 2.64. The number of hydrogen-bond acceptors (Lipinski definition) is 9. The van der Waals surface area contributed by atoms with Crippen LogP contribution in [0, 0.1) is 5.92 Å². The van der Waals surface area contributed by atoms with Gasteiger partial charge in [0, 0.05) is 43.4 Å². The molecule has 0 bridgehead atoms. The zero-order valence-corrected chi connectivity index (χ0v) is 26.9. The number of ether oxygens (including phenoxy) is 1. The third-order valence-corrected chi connectivity index (χ3v) is 10.8. The highest BCUT2D eigenvalue weighted by atomic mass is 32.2. The summed E-state index contributed by atoms with van der Waals surface area (Å²) in [5.74, 6) is -1.89. The second-order valence-electron chi connectivity index (χ2n) is 10.5. The topological polar surface area (TPSA) is 139 Å². The molecule has 1 amide bonds. The minimum absolute atomic E-state index is 0.0766. The van der Waals surface area contributed by atoms with Gasteiger partial charge in [-0.15, -0.1) is 0 Å². The SMILES string of the molecule is CCOC(=O)C1CCN(S(=O)(=O)c2cccc(-c3nn(-c4ccccc4)cc3C=C3SC(=S)N(CCCC(=O)O)C3=O)c2)CC1. The van der Waals surface area contributed by atoms with Crippen LogP contribution < -0.4 is 0 Å². The normalized spacial score (nSPS) is 17.3. The Morgan fingerprint density at radius 1 is 1.13 bits per heavy atom. The number of esters is 1. The molecule has 3 aromatic rings. The summed E-state index contributed by atoms with van der Waals surface area (Å²) in [7, 11) is -3.87. The van der Waals surface area contributed by atoms with Crippen LogP contribution in [0.15, 0.2) is 70.6 Å². The highest BCUT2D eigenvalue weighted by Gasteiger charge is 2.34. The lowest BCUT2D eigenvalue weighted by atomic mass is 9.98. The first-order valence-corrected chi connectivity index (χ1v) is 17.1. The lowest BCUT2D eigenvalue weighted by Crippen LogP contribution is -2.40. The number of nitrogens with zero attached hydrogens (tertiary/aromatic N) is 4. The van der Waals surface area contributed by atoms with E-state index >= 15 is 0 Å². The Hall–Kier alpha value is -3.85. The third kappa shape index (κ3) is 7.35. The molecule has 236 valence electrons. The zero-order chi connectivity index (χ0) is 32.1. The number of sulfonamides is 1. The van der Waals surface area contributed by atoms with Crippen molar-refractivity contribution >= 4 is 62.2 Å². The van der Waals surface area contributed by atoms with Crippen LogP contribution in [0.5, 0.6) is 0 Å². The molecule has 2 aromatic carbocycles. The number of aromatic nitrogens is 2. The van der Waals surface area contributed by atoms with Crippen LogP contribution in [0.1, 0.15) is 38.2 Å². The van der Waals surface area contributed by atoms with E-state index in [-0.39, 0.29) is 61.8 Å². The largest absolute Gasteiger partial charge is 0.481 e. The molecular weight excluding hydrogens is 637 g/mol. The molecule has 1 aromatic heterocycles. The average Bonchev–Trinajstić information content (AvgIpc) is 3.58. The van der Waals surface area contributed by atoms with Crippen molar-refractivity contribution in [1.29, 1.82) is 0 Å². The van der Waals surface area contributed by atoms with Crippen LogP contribution in [0.3, 0.4) is 0 Å². The quantitative estimate of drug-likeness (QED) is 0.176. The third-order valence-electron chi connectivity index (χ3n) is 7.51. The first-order valence-electron chi connectivity index (χ1n) is 14.5. The van der Waals surface area contributed by atoms with Gasteiger partial charge in [0.25, 0.3) is 5.91 Å². The standard InChI is InChI=1S/C31H32N4O7S3/c1-2-42-30(39)21-13-16-33(17-14-21)45(40,41)25-11-6-8-22(18-25)28-23(20-35(32-28)24-9-4-3-5-10-24)19-26-29(38)34(31(43)44-26)15-7-12-27(36)37/h3-6,8-11,18-21H,2,7,12-17H2,1H3,(H,36,37). The molecule has 0 unspecified atom stereocenters. The van der Waals surface area contributed by atoms with E-state index in [0.717, 1.165) is 17.4 Å². The van der Waals surface area contributed by atoms with Gasteiger partial charge in [-0.3, -0.25) is 19.3 Å². The summed E-state index contributed by atoms with van der Waals surface area (Å²) in [5, 5.41) is 13.8. The number of benzene rings is 2. The fourth-order valence-electron chi connectivity index (χ4n) is 5.20. The number of thioether (sulfide) groups is 1. The molecule has 0 saturated carbocycles. The molecule has 0 spiro atoms. The Balaban J connectivity index is 1.46. The molecule has 0 aliphatic carbocycles. The van der Waals surface area contributed by atoms with Crippen LogP contribution in [-0.2, 0) is 29.1 Å². The lowest BCUT2D eigenvalue weighted by Gasteiger charge is -2.30. The van der Waals surface area contributed by atoms with Crippen LogP contribution in [0.25, 0.3) is 23.0 Å². The molecule has 14 heteroatoms. The Bertz CT molecular complexity index is 1750. The minimum Gasteiger partial charge on any atom is -0.481 e. The summed E-state index contributed by atoms with van der Waals surface area (Å²) in [4.78, 5) is 38.2. The molecule has 2 saturated heterocycles. The predicted molar refractivity (Wildman–Crippen MR) is 174 cm³/mol. The van der Waals surface area contributed by atoms with Gasteiger partial charge in [0.1, 0.15) is 10.0 Å². The Kier molecular flexibility index (Phi) is 10.2. The monoisotopic (exact) mass is 668 g/mol. The highest BCUT2D eigenvalue weighted by Crippen LogP contribution is 2.36. The van der Waals surface area contributed by atoms with E-state index in [1.807, 2.05) is 30.3 Å². The molecular formula is C31H32N4O7S3. The number of amides is 1. The molecule has 2 fully saturated rings. The predicted octanol–water partition coefficient (Wildman–Crippen LogP) is 4.57. The van der Waals surface area contributed by atoms with Crippen molar-refractivity contribution in [3.8, 4) is 16.9 Å². The summed E-state index contributed by atoms with van der Waals surface area (Å²) in [6.07, 6.45) is 4.42. The molecule has 45 heavy (non-hydrogen) atoms. The van der Waals surface area contributed by atoms with Gasteiger partial charge >= 0.3 is 11.9 Å². The van der Waals surface area contributed by atoms with E-state index in [4.69, 9.17) is 27.2 Å². The van der Waals surface area contributed by atoms with Crippen molar-refractivity contribution in [1.82, 2.24) is 19.0 Å². The van der Waals surface area contributed by atoms with Gasteiger partial charge in [-0.1, -0.05) is 54.3 Å². The van der Waals surface area contributed by atoms with Crippen molar-refractivity contribution in [3.63, 3.8) is 0 Å². The summed E-state index contributed by atoms with van der Waals surface area (Å²) in [6, 6.07) is 15.9. The van der Waals surface area contributed by atoms with Crippen LogP contribution in [0.2, 0.25) is 0 Å². The van der Waals surface area contributed by atoms with E-state index in [1.165, 1.54) is 15.3 Å². The van der Waals surface area contributed by atoms with Gasteiger partial charge in [0.15, 0.2) is 0 Å². The number of thiocarbonyl (C=S) groups is 1. The van der Waals surface area contributed by atoms with Gasteiger partial charge in [0.05, 0.1) is 28.0 Å². The smallest absolute Gasteiger partial charge is 0.309 e. The van der Waals surface area contributed by atoms with Gasteiger partial charge in [-0.25, -0.2) is 13.1 Å². The molecule has 11 nitrogen and oxygen atoms in total. The molecule has 2 aliphatic heterocycles. The van der Waals surface area contributed by atoms with Crippen molar-refractivity contribution in [2.45, 2.75) is 37.5 Å². The number of carbonyl (C=O) groups excluding carboxylic acids is 2. The molecule has 0 atom stereocenters. The Morgan fingerprint density at radius 2 is 1.87 bits per heavy atom. The van der Waals surface area contributed by atoms with Crippen LogP contribution in [-0.4, -0.2) is 80.9 Å². The zero-order valence-electron chi connectivity index (χ0n) is 24.5. The van der Waals surface area contributed by atoms with E-state index in [1.54, 1.807) is 42.1 Å². The van der Waals surface area contributed by atoms with Crippen LogP contribution >= 0.6 is 24.0 Å².